The van der Waals surface area contributed by atoms with Crippen LogP contribution in [0, 0.1) is 0 Å². The van der Waals surface area contributed by atoms with Gasteiger partial charge in [-0.25, -0.2) is 4.98 Å². The van der Waals surface area contributed by atoms with E-state index in [9.17, 15) is 0 Å². The quantitative estimate of drug-likeness (QED) is 0.181. The maximum absolute atomic E-state index is 5.88. The summed E-state index contributed by atoms with van der Waals surface area (Å²) in [6, 6.07) is 13.1. The molecular formula is C33H40N10OS2. The molecule has 46 heavy (non-hydrogen) atoms. The normalized spacial score (nSPS) is 16.7. The molecule has 2 N–H and O–H groups in total. The molecule has 2 saturated heterocycles. The van der Waals surface area contributed by atoms with Crippen LogP contribution < -0.4 is 24.6 Å². The van der Waals surface area contributed by atoms with Crippen molar-refractivity contribution >= 4 is 79.1 Å². The number of nitrogens with one attached hydrogen (secondary N) is 2. The topological polar surface area (TPSA) is 97.8 Å². The van der Waals surface area contributed by atoms with Crippen LogP contribution in [0.1, 0.15) is 12.8 Å². The second kappa shape index (κ2) is 13.4. The van der Waals surface area contributed by atoms with Crippen LogP contribution in [0.5, 0.6) is 5.75 Å². The lowest BCUT2D eigenvalue weighted by Crippen LogP contribution is -2.52. The van der Waals surface area contributed by atoms with Crippen LogP contribution in [-0.2, 0) is 0 Å². The van der Waals surface area contributed by atoms with Gasteiger partial charge in [0, 0.05) is 82.8 Å². The number of methoxy groups -OCH3 is 1. The summed E-state index contributed by atoms with van der Waals surface area (Å²) in [5.41, 5.74) is 6.37. The van der Waals surface area contributed by atoms with Gasteiger partial charge in [-0.3, -0.25) is 14.9 Å². The van der Waals surface area contributed by atoms with Gasteiger partial charge in [0.25, 0.3) is 0 Å². The largest absolute Gasteiger partial charge is 0.494 e. The van der Waals surface area contributed by atoms with E-state index in [1.165, 1.54) is 44.7 Å². The summed E-state index contributed by atoms with van der Waals surface area (Å²) in [5.74, 6) is 1.98. The molecule has 7 rings (SSSR count). The van der Waals surface area contributed by atoms with Crippen molar-refractivity contribution < 1.29 is 4.74 Å². The first-order valence-corrected chi connectivity index (χ1v) is 17.7. The summed E-state index contributed by atoms with van der Waals surface area (Å²) in [5, 5.41) is 9.08. The van der Waals surface area contributed by atoms with Crippen LogP contribution >= 0.6 is 23.3 Å². The van der Waals surface area contributed by atoms with Crippen molar-refractivity contribution in [2.75, 3.05) is 86.6 Å². The Morgan fingerprint density at radius 2 is 1.70 bits per heavy atom. The fourth-order valence-corrected chi connectivity index (χ4v) is 7.58. The summed E-state index contributed by atoms with van der Waals surface area (Å²) in [6.45, 7) is 6.79. The van der Waals surface area contributed by atoms with Crippen molar-refractivity contribution in [2.24, 2.45) is 0 Å². The molecule has 5 aromatic rings. The predicted octanol–water partition coefficient (Wildman–Crippen LogP) is 6.06. The highest BCUT2D eigenvalue weighted by molar-refractivity contribution is 7.99. The molecule has 0 spiro atoms. The molecule has 0 amide bonds. The van der Waals surface area contributed by atoms with Gasteiger partial charge in [0.2, 0.25) is 5.95 Å². The molecular weight excluding hydrogens is 617 g/mol. The van der Waals surface area contributed by atoms with Gasteiger partial charge < -0.3 is 29.5 Å². The molecule has 240 valence electrons. The van der Waals surface area contributed by atoms with Crippen LogP contribution in [-0.4, -0.2) is 103 Å². The van der Waals surface area contributed by atoms with Crippen molar-refractivity contribution in [1.29, 1.82) is 0 Å². The highest BCUT2D eigenvalue weighted by Crippen LogP contribution is 2.39. The molecule has 2 fully saturated rings. The molecule has 13 heteroatoms. The van der Waals surface area contributed by atoms with Gasteiger partial charge in [-0.05, 0) is 55.6 Å². The predicted molar refractivity (Wildman–Crippen MR) is 193 cm³/mol. The Hall–Kier alpha value is -3.91. The van der Waals surface area contributed by atoms with E-state index in [1.54, 1.807) is 42.8 Å². The Balaban J connectivity index is 1.12. The van der Waals surface area contributed by atoms with E-state index >= 15 is 0 Å². The third-order valence-corrected chi connectivity index (χ3v) is 10.7. The number of nitrogens with zero attached hydrogens (tertiary/aromatic N) is 8. The van der Waals surface area contributed by atoms with E-state index in [0.29, 0.717) is 12.0 Å². The van der Waals surface area contributed by atoms with Gasteiger partial charge in [-0.1, -0.05) is 11.9 Å². The Kier molecular flexibility index (Phi) is 8.98. The minimum absolute atomic E-state index is 0.493. The van der Waals surface area contributed by atoms with E-state index in [-0.39, 0.29) is 0 Å². The van der Waals surface area contributed by atoms with Gasteiger partial charge >= 0.3 is 0 Å². The molecule has 2 aliphatic heterocycles. The fourth-order valence-electron chi connectivity index (χ4n) is 6.44. The number of likely N-dealkylation sites (N-methyl/N-ethyl adjacent to an activating group) is 1. The Labute approximate surface area is 278 Å². The summed E-state index contributed by atoms with van der Waals surface area (Å²) in [4.78, 5) is 26.5. The number of hydrogen-bond acceptors (Lipinski definition) is 13. The standard InChI is InChI=1S/C33H40N10OS2/c1-40-16-18-43(19-17-40)22-9-14-42(15-10-22)23-5-6-24(28(21-23)44-3)37-33-38-27-11-20-46-31(27)32(39-33)36-26-8-7-25-29(35-13-12-34-25)30(26)41(2)45-4/h5-8,11-13,20-22H,9-10,14-19H2,1-4H3,(H2,36,37,38,39). The van der Waals surface area contributed by atoms with Crippen molar-refractivity contribution in [3.05, 3.63) is 54.2 Å². The number of hydrogen-bond donors (Lipinski definition) is 2. The number of piperazine rings is 1. The van der Waals surface area contributed by atoms with Crippen molar-refractivity contribution in [3.63, 3.8) is 0 Å². The van der Waals surface area contributed by atoms with E-state index in [1.807, 2.05) is 36.9 Å². The monoisotopic (exact) mass is 656 g/mol. The third-order valence-electron chi connectivity index (χ3n) is 9.07. The lowest BCUT2D eigenvalue weighted by molar-refractivity contribution is 0.0982. The highest BCUT2D eigenvalue weighted by Gasteiger charge is 2.27. The minimum atomic E-state index is 0.493. The smallest absolute Gasteiger partial charge is 0.229 e. The fraction of sp³-hybridized carbons (Fsp3) is 0.394. The van der Waals surface area contributed by atoms with Crippen molar-refractivity contribution in [3.8, 4) is 5.75 Å². The number of ether oxygens (including phenoxy) is 1. The molecule has 0 radical (unpaired) electrons. The zero-order valence-electron chi connectivity index (χ0n) is 26.7. The van der Waals surface area contributed by atoms with E-state index in [0.717, 1.165) is 63.0 Å². The van der Waals surface area contributed by atoms with Crippen molar-refractivity contribution in [2.45, 2.75) is 18.9 Å². The first kappa shape index (κ1) is 30.7. The van der Waals surface area contributed by atoms with Gasteiger partial charge in [0.1, 0.15) is 11.3 Å². The average Bonchev–Trinajstić information content (AvgIpc) is 3.58. The molecule has 2 aliphatic rings. The number of rotatable bonds is 9. The molecule has 5 heterocycles. The van der Waals surface area contributed by atoms with Gasteiger partial charge in [-0.15, -0.1) is 11.3 Å². The number of aromatic nitrogens is 4. The van der Waals surface area contributed by atoms with Gasteiger partial charge in [-0.2, -0.15) is 4.98 Å². The number of thiophene rings is 1. The maximum Gasteiger partial charge on any atom is 0.229 e. The van der Waals surface area contributed by atoms with Crippen LogP contribution in [0.15, 0.2) is 54.2 Å². The lowest BCUT2D eigenvalue weighted by atomic mass is 10.0. The number of anilines is 6. The first-order valence-electron chi connectivity index (χ1n) is 15.7. The van der Waals surface area contributed by atoms with Crippen LogP contribution in [0.25, 0.3) is 21.3 Å². The van der Waals surface area contributed by atoms with Crippen LogP contribution in [0.3, 0.4) is 0 Å². The van der Waals surface area contributed by atoms with E-state index < -0.39 is 0 Å². The maximum atomic E-state index is 5.88. The van der Waals surface area contributed by atoms with E-state index in [2.05, 4.69) is 64.9 Å². The summed E-state index contributed by atoms with van der Waals surface area (Å²) in [7, 11) is 5.96. The summed E-state index contributed by atoms with van der Waals surface area (Å²) < 4.78 is 8.94. The molecule has 0 atom stereocenters. The molecule has 0 bridgehead atoms. The van der Waals surface area contributed by atoms with Crippen molar-refractivity contribution in [1.82, 2.24) is 29.7 Å². The molecule has 3 aromatic heterocycles. The second-order valence-electron chi connectivity index (χ2n) is 11.8. The lowest BCUT2D eigenvalue weighted by Gasteiger charge is -2.42. The second-order valence-corrected chi connectivity index (χ2v) is 13.6. The average molecular weight is 657 g/mol. The number of piperidine rings is 1. The molecule has 11 nitrogen and oxygen atoms in total. The zero-order chi connectivity index (χ0) is 31.6. The van der Waals surface area contributed by atoms with Crippen LogP contribution in [0.4, 0.5) is 34.5 Å². The molecule has 0 saturated carbocycles. The molecule has 0 unspecified atom stereocenters. The van der Waals surface area contributed by atoms with Gasteiger partial charge in [0.05, 0.1) is 39.9 Å². The minimum Gasteiger partial charge on any atom is -0.494 e. The van der Waals surface area contributed by atoms with Crippen LogP contribution in [0.2, 0.25) is 0 Å². The highest BCUT2D eigenvalue weighted by atomic mass is 32.2. The Bertz CT molecular complexity index is 1820. The number of fused-ring (bicyclic) bond motifs is 2. The molecule has 0 aliphatic carbocycles. The zero-order valence-corrected chi connectivity index (χ0v) is 28.4. The van der Waals surface area contributed by atoms with Gasteiger partial charge in [0.15, 0.2) is 5.82 Å². The first-order chi connectivity index (χ1) is 22.5. The number of benzene rings is 2. The third kappa shape index (κ3) is 6.24. The van der Waals surface area contributed by atoms with E-state index in [4.69, 9.17) is 14.7 Å². The Morgan fingerprint density at radius 3 is 2.48 bits per heavy atom. The summed E-state index contributed by atoms with van der Waals surface area (Å²) in [6.07, 6.45) is 7.86. The summed E-state index contributed by atoms with van der Waals surface area (Å²) >= 11 is 3.22. The Morgan fingerprint density at radius 1 is 0.913 bits per heavy atom. The molecule has 2 aromatic carbocycles. The SMILES string of the molecule is COc1cc(N2CCC(N3CCN(C)CC3)CC2)ccc1Nc1nc(Nc2ccc3nccnc3c2N(C)SC)c2sccc2n1.